The number of rotatable bonds is 7. The van der Waals surface area contributed by atoms with Gasteiger partial charge in [-0.25, -0.2) is 0 Å². The van der Waals surface area contributed by atoms with Gasteiger partial charge in [0.05, 0.1) is 25.9 Å². The van der Waals surface area contributed by atoms with Crippen molar-refractivity contribution in [3.8, 4) is 0 Å². The highest BCUT2D eigenvalue weighted by Crippen LogP contribution is 2.32. The summed E-state index contributed by atoms with van der Waals surface area (Å²) in [7, 11) is 0. The second kappa shape index (κ2) is 13.3. The Morgan fingerprint density at radius 1 is 0.550 bits per heavy atom. The molecule has 4 saturated heterocycles. The predicted molar refractivity (Wildman–Crippen MR) is 120 cm³/mol. The topological polar surface area (TPSA) is 287 Å². The quantitative estimate of drug-likeness (QED) is 0.131. The minimum absolute atomic E-state index is 0.376. The summed E-state index contributed by atoms with van der Waals surface area (Å²) in [5.41, 5.74) is 0. The highest BCUT2D eigenvalue weighted by atomic mass is 16.8. The summed E-state index contributed by atoms with van der Waals surface area (Å²) in [5, 5.41) is 112. The smallest absolute Gasteiger partial charge is 0.187 e. The van der Waals surface area contributed by atoms with Crippen LogP contribution in [0.5, 0.6) is 0 Å². The van der Waals surface area contributed by atoms with E-state index in [0.717, 1.165) is 0 Å². The van der Waals surface area contributed by atoms with Gasteiger partial charge in [-0.1, -0.05) is 0 Å². The summed E-state index contributed by atoms with van der Waals surface area (Å²) in [5.74, 6) is 0. The van der Waals surface area contributed by atoms with Crippen LogP contribution in [0.3, 0.4) is 0 Å². The van der Waals surface area contributed by atoms with Gasteiger partial charge in [-0.05, 0) is 6.92 Å². The molecule has 0 aromatic carbocycles. The molecule has 0 spiro atoms. The van der Waals surface area contributed by atoms with Crippen LogP contribution in [0.2, 0.25) is 0 Å². The average Bonchev–Trinajstić information content (AvgIpc) is 2.92. The van der Waals surface area contributed by atoms with Crippen molar-refractivity contribution in [3.05, 3.63) is 0 Å². The molecule has 0 aliphatic carbocycles. The van der Waals surface area contributed by atoms with E-state index in [9.17, 15) is 56.2 Å². The minimum Gasteiger partial charge on any atom is -0.394 e. The number of hydrogen-bond acceptors (Lipinski definition) is 18. The Morgan fingerprint density at radius 2 is 1.07 bits per heavy atom. The highest BCUT2D eigenvalue weighted by Gasteiger charge is 2.52. The lowest BCUT2D eigenvalue weighted by Crippen LogP contribution is -2.65. The van der Waals surface area contributed by atoms with Crippen molar-refractivity contribution in [1.29, 1.82) is 0 Å². The summed E-state index contributed by atoms with van der Waals surface area (Å²) < 4.78 is 37.5. The summed E-state index contributed by atoms with van der Waals surface area (Å²) in [4.78, 5) is 0. The molecule has 4 fully saturated rings. The van der Waals surface area contributed by atoms with Crippen molar-refractivity contribution in [1.82, 2.24) is 0 Å². The number of ether oxygens (including phenoxy) is 7. The third-order valence-electron chi connectivity index (χ3n) is 7.37. The zero-order chi connectivity index (χ0) is 29.5. The molecular formula is C22H38O18. The van der Waals surface area contributed by atoms with Crippen LogP contribution >= 0.6 is 0 Å². The summed E-state index contributed by atoms with van der Waals surface area (Å²) in [6, 6.07) is 0. The first-order chi connectivity index (χ1) is 18.8. The summed E-state index contributed by atoms with van der Waals surface area (Å²) in [6.45, 7) is -0.134. The lowest BCUT2D eigenvalue weighted by Gasteiger charge is -2.47. The number of aliphatic hydroxyl groups excluding tert-OH is 11. The van der Waals surface area contributed by atoms with E-state index in [1.165, 1.54) is 6.92 Å². The molecular weight excluding hydrogens is 552 g/mol. The van der Waals surface area contributed by atoms with Crippen molar-refractivity contribution in [2.75, 3.05) is 19.8 Å². The molecule has 0 bridgehead atoms. The Kier molecular flexibility index (Phi) is 10.7. The van der Waals surface area contributed by atoms with Crippen LogP contribution in [0.25, 0.3) is 0 Å². The molecule has 18 atom stereocenters. The van der Waals surface area contributed by atoms with Crippen LogP contribution in [-0.2, 0) is 33.2 Å². The van der Waals surface area contributed by atoms with Crippen LogP contribution < -0.4 is 0 Å². The number of aliphatic hydroxyl groups is 11. The van der Waals surface area contributed by atoms with E-state index in [1.807, 2.05) is 0 Å². The van der Waals surface area contributed by atoms with Gasteiger partial charge in [-0.15, -0.1) is 0 Å². The van der Waals surface area contributed by atoms with Gasteiger partial charge in [0.15, 0.2) is 25.2 Å². The van der Waals surface area contributed by atoms with Gasteiger partial charge in [0.1, 0.15) is 79.4 Å². The molecule has 18 nitrogen and oxygen atoms in total. The molecule has 0 saturated carbocycles. The highest BCUT2D eigenvalue weighted by molar-refractivity contribution is 4.95. The van der Waals surface area contributed by atoms with Gasteiger partial charge in [0.2, 0.25) is 0 Å². The van der Waals surface area contributed by atoms with E-state index in [-0.39, 0.29) is 6.61 Å². The Hall–Kier alpha value is -0.720. The van der Waals surface area contributed by atoms with Gasteiger partial charge in [0, 0.05) is 0 Å². The Morgan fingerprint density at radius 3 is 1.73 bits per heavy atom. The largest absolute Gasteiger partial charge is 0.394 e. The van der Waals surface area contributed by atoms with Crippen molar-refractivity contribution in [2.45, 2.75) is 118 Å². The third kappa shape index (κ3) is 6.44. The van der Waals surface area contributed by atoms with Crippen LogP contribution in [0.15, 0.2) is 0 Å². The molecule has 11 N–H and O–H groups in total. The van der Waals surface area contributed by atoms with Gasteiger partial charge in [-0.3, -0.25) is 0 Å². The molecule has 4 heterocycles. The first-order valence-corrected chi connectivity index (χ1v) is 12.8. The summed E-state index contributed by atoms with van der Waals surface area (Å²) >= 11 is 0. The van der Waals surface area contributed by atoms with E-state index in [2.05, 4.69) is 0 Å². The monoisotopic (exact) mass is 590 g/mol. The molecule has 234 valence electrons. The first kappa shape index (κ1) is 32.2. The molecule has 4 rings (SSSR count). The van der Waals surface area contributed by atoms with Crippen molar-refractivity contribution in [3.63, 3.8) is 0 Å². The molecule has 4 aliphatic rings. The fraction of sp³-hybridized carbons (Fsp3) is 1.00. The Balaban J connectivity index is 1.39. The third-order valence-corrected chi connectivity index (χ3v) is 7.37. The van der Waals surface area contributed by atoms with E-state index in [0.29, 0.717) is 0 Å². The van der Waals surface area contributed by atoms with Crippen LogP contribution in [0.4, 0.5) is 0 Å². The van der Waals surface area contributed by atoms with Gasteiger partial charge in [-0.2, -0.15) is 0 Å². The molecule has 0 aromatic heterocycles. The second-order valence-corrected chi connectivity index (χ2v) is 10.2. The van der Waals surface area contributed by atoms with E-state index < -0.39 is 124 Å². The second-order valence-electron chi connectivity index (χ2n) is 10.2. The lowest BCUT2D eigenvalue weighted by molar-refractivity contribution is -0.376. The van der Waals surface area contributed by atoms with E-state index >= 15 is 0 Å². The van der Waals surface area contributed by atoms with Crippen LogP contribution in [0, 0.1) is 0 Å². The molecule has 0 amide bonds. The predicted octanol–water partition coefficient (Wildman–Crippen LogP) is -7.44. The van der Waals surface area contributed by atoms with Crippen molar-refractivity contribution < 1.29 is 89.3 Å². The van der Waals surface area contributed by atoms with Crippen molar-refractivity contribution in [2.24, 2.45) is 0 Å². The van der Waals surface area contributed by atoms with Crippen molar-refractivity contribution >= 4 is 0 Å². The molecule has 4 aliphatic heterocycles. The zero-order valence-corrected chi connectivity index (χ0v) is 21.3. The first-order valence-electron chi connectivity index (χ1n) is 12.8. The molecule has 0 radical (unpaired) electrons. The van der Waals surface area contributed by atoms with Crippen LogP contribution in [-0.4, -0.2) is 187 Å². The summed E-state index contributed by atoms with van der Waals surface area (Å²) in [6.07, 6.45) is -28.3. The zero-order valence-electron chi connectivity index (χ0n) is 21.3. The van der Waals surface area contributed by atoms with Gasteiger partial charge >= 0.3 is 0 Å². The maximum absolute atomic E-state index is 10.8. The van der Waals surface area contributed by atoms with Crippen LogP contribution in [0.1, 0.15) is 6.92 Å². The SMILES string of the molecule is C[C@@H]1O[C@@H](O[C@@H]2[C@@H](O)[C@H](O[C@@H]3[C@@H](O)[C@H](O)OC[C@@H]3O)OC[C@H]2O)[C@H](O)[C@H](O)[C@H]1O[C@@H]1O[C@H](CO)[C@H](O)[C@H](O)[C@H]1O. The minimum atomic E-state index is -1.85. The van der Waals surface area contributed by atoms with Gasteiger partial charge in [0.25, 0.3) is 0 Å². The maximum atomic E-state index is 10.8. The molecule has 0 unspecified atom stereocenters. The fourth-order valence-corrected chi connectivity index (χ4v) is 4.96. The standard InChI is InChI=1S/C22H38O18/c1-5-16(38-22-12(29)10(27)9(26)8(2-23)37-22)11(28)13(30)21(36-5)40-18-7(25)4-35-20(15(18)32)39-17-6(24)3-34-19(33)14(17)31/h5-33H,2-4H2,1H3/t5-,6-,7+,8+,9-,10-,11-,12+,13+,14+,15+,16-,17-,18-,19+,20-,21-,22-/m0/s1. The average molecular weight is 591 g/mol. The fourth-order valence-electron chi connectivity index (χ4n) is 4.96. The maximum Gasteiger partial charge on any atom is 0.187 e. The molecule has 0 aromatic rings. The van der Waals surface area contributed by atoms with E-state index in [4.69, 9.17) is 33.2 Å². The molecule has 18 heteroatoms. The van der Waals surface area contributed by atoms with E-state index in [1.54, 1.807) is 0 Å². The Labute approximate surface area is 227 Å². The number of hydrogen-bond donors (Lipinski definition) is 11. The molecule has 40 heavy (non-hydrogen) atoms. The Bertz CT molecular complexity index is 806. The van der Waals surface area contributed by atoms with Gasteiger partial charge < -0.3 is 89.3 Å². The normalized spacial score (nSPS) is 54.3. The lowest BCUT2D eigenvalue weighted by atomic mass is 9.97.